The second kappa shape index (κ2) is 3.34. The van der Waals surface area contributed by atoms with Crippen molar-refractivity contribution in [2.75, 3.05) is 0 Å². The van der Waals surface area contributed by atoms with Crippen LogP contribution in [0.3, 0.4) is 0 Å². The van der Waals surface area contributed by atoms with E-state index in [2.05, 4.69) is 9.73 Å². The summed E-state index contributed by atoms with van der Waals surface area (Å²) >= 11 is 0. The highest BCUT2D eigenvalue weighted by Crippen LogP contribution is 2.39. The normalized spacial score (nSPS) is 20.8. The molecule has 0 saturated carbocycles. The molecule has 18 heavy (non-hydrogen) atoms. The number of esters is 1. The zero-order chi connectivity index (χ0) is 13.0. The van der Waals surface area contributed by atoms with Crippen molar-refractivity contribution in [3.05, 3.63) is 35.4 Å². The zero-order valence-corrected chi connectivity index (χ0v) is 9.12. The van der Waals surface area contributed by atoms with Crippen molar-refractivity contribution in [2.24, 2.45) is 4.99 Å². The predicted octanol–water partition coefficient (Wildman–Crippen LogP) is 2.04. The molecule has 1 aromatic rings. The van der Waals surface area contributed by atoms with Crippen molar-refractivity contribution in [2.45, 2.75) is 24.6 Å². The lowest BCUT2D eigenvalue weighted by Gasteiger charge is -2.12. The second-order valence-electron chi connectivity index (χ2n) is 4.46. The van der Waals surface area contributed by atoms with Crippen LogP contribution in [0, 0.1) is 0 Å². The second-order valence-corrected chi connectivity index (χ2v) is 4.46. The number of cyclic esters (lactones) is 1. The van der Waals surface area contributed by atoms with Gasteiger partial charge in [0.05, 0.1) is 0 Å². The van der Waals surface area contributed by atoms with Crippen LogP contribution in [0.5, 0.6) is 0 Å². The summed E-state index contributed by atoms with van der Waals surface area (Å²) in [5.41, 5.74) is 0.289. The molecule has 0 unspecified atom stereocenters. The van der Waals surface area contributed by atoms with Gasteiger partial charge in [0.2, 0.25) is 0 Å². The van der Waals surface area contributed by atoms with Crippen LogP contribution in [-0.4, -0.2) is 23.6 Å². The number of ether oxygens (including phenoxy) is 1. The van der Waals surface area contributed by atoms with Crippen LogP contribution < -0.4 is 0 Å². The maximum atomic E-state index is 12.5. The summed E-state index contributed by atoms with van der Waals surface area (Å²) in [6.07, 6.45) is -4.38. The SMILES string of the molecule is O=C1OC(C(F)(F)F)=NC12Cc1ccccc1C2. The van der Waals surface area contributed by atoms with Gasteiger partial charge in [0.1, 0.15) is 0 Å². The predicted molar refractivity (Wildman–Crippen MR) is 56.2 cm³/mol. The first-order valence-corrected chi connectivity index (χ1v) is 5.37. The summed E-state index contributed by atoms with van der Waals surface area (Å²) < 4.78 is 41.8. The van der Waals surface area contributed by atoms with Crippen LogP contribution in [0.1, 0.15) is 11.1 Å². The van der Waals surface area contributed by atoms with Gasteiger partial charge in [-0.3, -0.25) is 0 Å². The van der Waals surface area contributed by atoms with E-state index in [0.717, 1.165) is 11.1 Å². The van der Waals surface area contributed by atoms with Crippen LogP contribution >= 0.6 is 0 Å². The highest BCUT2D eigenvalue weighted by molar-refractivity contribution is 6.03. The van der Waals surface area contributed by atoms with Gasteiger partial charge < -0.3 is 4.74 Å². The molecular weight excluding hydrogens is 247 g/mol. The number of rotatable bonds is 0. The van der Waals surface area contributed by atoms with E-state index in [1.165, 1.54) is 0 Å². The number of benzene rings is 1. The minimum Gasteiger partial charge on any atom is -0.401 e. The molecule has 3 rings (SSSR count). The molecule has 1 spiro atoms. The number of nitrogens with zero attached hydrogens (tertiary/aromatic N) is 1. The number of fused-ring (bicyclic) bond motifs is 1. The van der Waals surface area contributed by atoms with Crippen molar-refractivity contribution in [3.63, 3.8) is 0 Å². The third-order valence-electron chi connectivity index (χ3n) is 3.21. The fourth-order valence-corrected chi connectivity index (χ4v) is 2.39. The molecule has 94 valence electrons. The van der Waals surface area contributed by atoms with Gasteiger partial charge in [-0.15, -0.1) is 0 Å². The molecule has 0 aromatic heterocycles. The average molecular weight is 255 g/mol. The van der Waals surface area contributed by atoms with Crippen LogP contribution in [0.15, 0.2) is 29.3 Å². The summed E-state index contributed by atoms with van der Waals surface area (Å²) in [5, 5.41) is 0. The Morgan fingerprint density at radius 3 is 2.17 bits per heavy atom. The van der Waals surface area contributed by atoms with E-state index in [4.69, 9.17) is 0 Å². The van der Waals surface area contributed by atoms with E-state index >= 15 is 0 Å². The molecule has 0 fully saturated rings. The summed E-state index contributed by atoms with van der Waals surface area (Å²) in [7, 11) is 0. The first-order chi connectivity index (χ1) is 8.41. The Morgan fingerprint density at radius 2 is 1.72 bits per heavy atom. The Bertz CT molecular complexity index is 538. The van der Waals surface area contributed by atoms with Gasteiger partial charge in [0, 0.05) is 12.8 Å². The first kappa shape index (κ1) is 11.3. The van der Waals surface area contributed by atoms with E-state index in [9.17, 15) is 18.0 Å². The minimum absolute atomic E-state index is 0.168. The van der Waals surface area contributed by atoms with E-state index in [0.29, 0.717) is 0 Å². The highest BCUT2D eigenvalue weighted by Gasteiger charge is 2.55. The van der Waals surface area contributed by atoms with Gasteiger partial charge in [0.25, 0.3) is 0 Å². The van der Waals surface area contributed by atoms with Crippen molar-refractivity contribution in [1.29, 1.82) is 0 Å². The van der Waals surface area contributed by atoms with E-state index in [1.807, 2.05) is 0 Å². The van der Waals surface area contributed by atoms with Gasteiger partial charge in [-0.2, -0.15) is 13.2 Å². The van der Waals surface area contributed by atoms with Gasteiger partial charge in [-0.25, -0.2) is 9.79 Å². The molecule has 0 N–H and O–H groups in total. The summed E-state index contributed by atoms with van der Waals surface area (Å²) in [6, 6.07) is 7.15. The molecule has 0 bridgehead atoms. The van der Waals surface area contributed by atoms with Crippen LogP contribution in [0.25, 0.3) is 0 Å². The number of halogens is 3. The summed E-state index contributed by atoms with van der Waals surface area (Å²) in [5.74, 6) is -2.34. The molecule has 0 radical (unpaired) electrons. The molecule has 0 amide bonds. The van der Waals surface area contributed by atoms with Crippen LogP contribution in [-0.2, 0) is 22.4 Å². The largest absolute Gasteiger partial charge is 0.468 e. The third kappa shape index (κ3) is 1.52. The van der Waals surface area contributed by atoms with E-state index < -0.39 is 23.6 Å². The molecule has 1 heterocycles. The molecule has 2 aliphatic rings. The number of hydrogen-bond acceptors (Lipinski definition) is 3. The summed E-state index contributed by atoms with van der Waals surface area (Å²) in [6.45, 7) is 0. The minimum atomic E-state index is -4.71. The zero-order valence-electron chi connectivity index (χ0n) is 9.12. The number of aliphatic imine (C=N–C) groups is 1. The smallest absolute Gasteiger partial charge is 0.401 e. The van der Waals surface area contributed by atoms with Crippen molar-refractivity contribution < 1.29 is 22.7 Å². The molecule has 1 aliphatic carbocycles. The van der Waals surface area contributed by atoms with Crippen LogP contribution in [0.4, 0.5) is 13.2 Å². The van der Waals surface area contributed by atoms with Gasteiger partial charge in [-0.05, 0) is 11.1 Å². The fourth-order valence-electron chi connectivity index (χ4n) is 2.39. The first-order valence-electron chi connectivity index (χ1n) is 5.37. The summed E-state index contributed by atoms with van der Waals surface area (Å²) in [4.78, 5) is 15.2. The van der Waals surface area contributed by atoms with Crippen molar-refractivity contribution in [3.8, 4) is 0 Å². The van der Waals surface area contributed by atoms with Gasteiger partial charge >= 0.3 is 18.0 Å². The lowest BCUT2D eigenvalue weighted by molar-refractivity contribution is -0.142. The number of carbonyl (C=O) groups is 1. The quantitative estimate of drug-likeness (QED) is 0.665. The highest BCUT2D eigenvalue weighted by atomic mass is 19.4. The lowest BCUT2D eigenvalue weighted by Crippen LogP contribution is -2.34. The van der Waals surface area contributed by atoms with E-state index in [-0.39, 0.29) is 12.8 Å². The monoisotopic (exact) mass is 255 g/mol. The third-order valence-corrected chi connectivity index (χ3v) is 3.21. The van der Waals surface area contributed by atoms with Crippen LogP contribution in [0.2, 0.25) is 0 Å². The van der Waals surface area contributed by atoms with E-state index in [1.54, 1.807) is 24.3 Å². The van der Waals surface area contributed by atoms with Crippen molar-refractivity contribution >= 4 is 11.9 Å². The van der Waals surface area contributed by atoms with Crippen molar-refractivity contribution in [1.82, 2.24) is 0 Å². The Balaban J connectivity index is 2.00. The van der Waals surface area contributed by atoms with Gasteiger partial charge in [-0.1, -0.05) is 24.3 Å². The Morgan fingerprint density at radius 1 is 1.17 bits per heavy atom. The molecule has 1 aliphatic heterocycles. The standard InChI is InChI=1S/C12H8F3NO2/c13-12(14,15)9-16-11(10(17)18-9)5-7-3-1-2-4-8(7)6-11/h1-4H,5-6H2. The number of carbonyl (C=O) groups excluding carboxylic acids is 1. The lowest BCUT2D eigenvalue weighted by atomic mass is 9.98. The average Bonchev–Trinajstić information content (AvgIpc) is 2.80. The Labute approximate surface area is 100 Å². The molecular formula is C12H8F3NO2. The maximum absolute atomic E-state index is 12.5. The molecule has 3 nitrogen and oxygen atoms in total. The molecule has 0 atom stereocenters. The Kier molecular flexibility index (Phi) is 2.09. The molecule has 0 saturated heterocycles. The number of hydrogen-bond donors (Lipinski definition) is 0. The number of alkyl halides is 3. The molecule has 1 aromatic carbocycles. The maximum Gasteiger partial charge on any atom is 0.468 e. The fraction of sp³-hybridized carbons (Fsp3) is 0.333. The van der Waals surface area contributed by atoms with Gasteiger partial charge in [0.15, 0.2) is 5.54 Å². The molecule has 6 heteroatoms. The Hall–Kier alpha value is -1.85. The topological polar surface area (TPSA) is 38.7 Å².